The van der Waals surface area contributed by atoms with E-state index in [0.717, 1.165) is 29.9 Å². The fourth-order valence-electron chi connectivity index (χ4n) is 1.76. The molecule has 0 heterocycles. The molecule has 0 aliphatic rings. The summed E-state index contributed by atoms with van der Waals surface area (Å²) in [4.78, 5) is 10.5. The number of halogens is 1. The molecule has 0 fully saturated rings. The number of carbonyl (C=O) groups excluding carboxylic acids is 1. The predicted molar refractivity (Wildman–Crippen MR) is 77.1 cm³/mol. The number of aryl methyl sites for hydroxylation is 1. The highest BCUT2D eigenvalue weighted by Crippen LogP contribution is 2.13. The Bertz CT molecular complexity index is 517. The smallest absolute Gasteiger partial charge is 0.150 e. The quantitative estimate of drug-likeness (QED) is 0.584. The van der Waals surface area contributed by atoms with Crippen molar-refractivity contribution >= 4 is 17.9 Å². The van der Waals surface area contributed by atoms with Gasteiger partial charge in [0.15, 0.2) is 0 Å². The van der Waals surface area contributed by atoms with Gasteiger partial charge in [-0.2, -0.15) is 0 Å². The van der Waals surface area contributed by atoms with E-state index in [-0.39, 0.29) is 0 Å². The average molecular weight is 275 g/mol. The van der Waals surface area contributed by atoms with Gasteiger partial charge in [0, 0.05) is 10.6 Å². The Labute approximate surface area is 118 Å². The molecule has 3 heteroatoms. The largest absolute Gasteiger partial charge is 0.494 e. The molecule has 2 aromatic carbocycles. The molecule has 2 rings (SSSR count). The predicted octanol–water partition coefficient (Wildman–Crippen LogP) is 4.16. The summed E-state index contributed by atoms with van der Waals surface area (Å²) in [5.74, 6) is 0.793. The molecule has 0 amide bonds. The van der Waals surface area contributed by atoms with E-state index in [0.29, 0.717) is 12.2 Å². The molecule has 0 saturated carbocycles. The minimum Gasteiger partial charge on any atom is -0.494 e. The first-order chi connectivity index (χ1) is 9.28. The van der Waals surface area contributed by atoms with Crippen molar-refractivity contribution < 1.29 is 9.53 Å². The number of rotatable bonds is 6. The van der Waals surface area contributed by atoms with E-state index in [1.165, 1.54) is 5.56 Å². The molecule has 0 spiro atoms. The van der Waals surface area contributed by atoms with Crippen LogP contribution in [0.4, 0.5) is 0 Å². The Kier molecular flexibility index (Phi) is 4.99. The lowest BCUT2D eigenvalue weighted by molar-refractivity contribution is 0.112. The summed E-state index contributed by atoms with van der Waals surface area (Å²) in [7, 11) is 0. The summed E-state index contributed by atoms with van der Waals surface area (Å²) in [6, 6.07) is 15.0. The molecule has 0 aromatic heterocycles. The summed E-state index contributed by atoms with van der Waals surface area (Å²) in [6.07, 6.45) is 2.73. The zero-order chi connectivity index (χ0) is 13.5. The third-order valence-corrected chi connectivity index (χ3v) is 3.06. The van der Waals surface area contributed by atoms with Gasteiger partial charge >= 0.3 is 0 Å². The van der Waals surface area contributed by atoms with Gasteiger partial charge in [-0.3, -0.25) is 4.79 Å². The minimum atomic E-state index is 0.656. The first kappa shape index (κ1) is 13.6. The molecule has 0 N–H and O–H groups in total. The second-order valence-corrected chi connectivity index (χ2v) is 4.70. The Morgan fingerprint density at radius 1 is 1.00 bits per heavy atom. The first-order valence-corrected chi connectivity index (χ1v) is 6.58. The van der Waals surface area contributed by atoms with Crippen molar-refractivity contribution in [1.82, 2.24) is 0 Å². The molecular weight excluding hydrogens is 260 g/mol. The van der Waals surface area contributed by atoms with Crippen LogP contribution >= 0.6 is 11.6 Å². The van der Waals surface area contributed by atoms with Gasteiger partial charge in [-0.1, -0.05) is 23.7 Å². The minimum absolute atomic E-state index is 0.656. The molecule has 0 saturated heterocycles. The number of aldehydes is 1. The van der Waals surface area contributed by atoms with E-state index in [9.17, 15) is 4.79 Å². The lowest BCUT2D eigenvalue weighted by Crippen LogP contribution is -1.99. The highest BCUT2D eigenvalue weighted by atomic mass is 35.5. The molecule has 0 unspecified atom stereocenters. The average Bonchev–Trinajstić information content (AvgIpc) is 2.46. The Morgan fingerprint density at radius 2 is 1.68 bits per heavy atom. The summed E-state index contributed by atoms with van der Waals surface area (Å²) in [5, 5.41) is 0.760. The topological polar surface area (TPSA) is 26.3 Å². The van der Waals surface area contributed by atoms with Crippen LogP contribution in [0.25, 0.3) is 0 Å². The molecule has 0 aliphatic carbocycles. The van der Waals surface area contributed by atoms with E-state index >= 15 is 0 Å². The van der Waals surface area contributed by atoms with Gasteiger partial charge in [0.25, 0.3) is 0 Å². The van der Waals surface area contributed by atoms with E-state index in [2.05, 4.69) is 0 Å². The van der Waals surface area contributed by atoms with E-state index in [1.807, 2.05) is 36.4 Å². The summed E-state index contributed by atoms with van der Waals surface area (Å²) >= 11 is 5.83. The summed E-state index contributed by atoms with van der Waals surface area (Å²) < 4.78 is 5.61. The third-order valence-electron chi connectivity index (χ3n) is 2.81. The highest BCUT2D eigenvalue weighted by molar-refractivity contribution is 6.30. The second kappa shape index (κ2) is 6.95. The van der Waals surface area contributed by atoms with Crippen LogP contribution in [-0.2, 0) is 6.42 Å². The van der Waals surface area contributed by atoms with Crippen molar-refractivity contribution in [2.75, 3.05) is 6.61 Å². The molecule has 0 aliphatic heterocycles. The van der Waals surface area contributed by atoms with Gasteiger partial charge < -0.3 is 4.74 Å². The standard InChI is InChI=1S/C16H15ClO2/c17-15-7-3-13(4-8-15)2-1-11-19-16-9-5-14(12-18)6-10-16/h3-10,12H,1-2,11H2. The molecular formula is C16H15ClO2. The Hall–Kier alpha value is -1.80. The maximum atomic E-state index is 10.5. The zero-order valence-corrected chi connectivity index (χ0v) is 11.3. The fraction of sp³-hybridized carbons (Fsp3) is 0.188. The van der Waals surface area contributed by atoms with Gasteiger partial charge in [0.1, 0.15) is 12.0 Å². The van der Waals surface area contributed by atoms with Crippen LogP contribution in [0.5, 0.6) is 5.75 Å². The van der Waals surface area contributed by atoms with Crippen molar-refractivity contribution in [1.29, 1.82) is 0 Å². The zero-order valence-electron chi connectivity index (χ0n) is 10.5. The van der Waals surface area contributed by atoms with Crippen molar-refractivity contribution in [2.24, 2.45) is 0 Å². The summed E-state index contributed by atoms with van der Waals surface area (Å²) in [5.41, 5.74) is 1.91. The fourth-order valence-corrected chi connectivity index (χ4v) is 1.89. The van der Waals surface area contributed by atoms with Gasteiger partial charge in [-0.15, -0.1) is 0 Å². The van der Waals surface area contributed by atoms with Crippen LogP contribution in [0.1, 0.15) is 22.3 Å². The normalized spacial score (nSPS) is 10.2. The van der Waals surface area contributed by atoms with E-state index in [1.54, 1.807) is 12.1 Å². The molecule has 2 aromatic rings. The Balaban J connectivity index is 1.74. The highest BCUT2D eigenvalue weighted by Gasteiger charge is 1.97. The molecule has 0 bridgehead atoms. The number of carbonyl (C=O) groups is 1. The van der Waals surface area contributed by atoms with Gasteiger partial charge in [0.05, 0.1) is 6.61 Å². The number of hydrogen-bond donors (Lipinski definition) is 0. The number of ether oxygens (including phenoxy) is 1. The van der Waals surface area contributed by atoms with Crippen molar-refractivity contribution in [2.45, 2.75) is 12.8 Å². The van der Waals surface area contributed by atoms with Crippen molar-refractivity contribution in [3.63, 3.8) is 0 Å². The lowest BCUT2D eigenvalue weighted by Gasteiger charge is -2.06. The van der Waals surface area contributed by atoms with Crippen LogP contribution < -0.4 is 4.74 Å². The summed E-state index contributed by atoms with van der Waals surface area (Å²) in [6.45, 7) is 0.656. The van der Waals surface area contributed by atoms with Crippen molar-refractivity contribution in [3.8, 4) is 5.75 Å². The van der Waals surface area contributed by atoms with Crippen LogP contribution in [0.2, 0.25) is 5.02 Å². The van der Waals surface area contributed by atoms with Crippen molar-refractivity contribution in [3.05, 3.63) is 64.7 Å². The SMILES string of the molecule is O=Cc1ccc(OCCCc2ccc(Cl)cc2)cc1. The van der Waals surface area contributed by atoms with Crippen LogP contribution in [-0.4, -0.2) is 12.9 Å². The van der Waals surface area contributed by atoms with E-state index < -0.39 is 0 Å². The van der Waals surface area contributed by atoms with Crippen LogP contribution in [0.15, 0.2) is 48.5 Å². The maximum Gasteiger partial charge on any atom is 0.150 e. The van der Waals surface area contributed by atoms with Gasteiger partial charge in [0.2, 0.25) is 0 Å². The van der Waals surface area contributed by atoms with E-state index in [4.69, 9.17) is 16.3 Å². The monoisotopic (exact) mass is 274 g/mol. The van der Waals surface area contributed by atoms with Gasteiger partial charge in [-0.25, -0.2) is 0 Å². The van der Waals surface area contributed by atoms with Crippen LogP contribution in [0.3, 0.4) is 0 Å². The molecule has 0 atom stereocenters. The lowest BCUT2D eigenvalue weighted by atomic mass is 10.1. The third kappa shape index (κ3) is 4.42. The first-order valence-electron chi connectivity index (χ1n) is 6.20. The molecule has 19 heavy (non-hydrogen) atoms. The number of benzene rings is 2. The molecule has 98 valence electrons. The molecule has 2 nitrogen and oxygen atoms in total. The Morgan fingerprint density at radius 3 is 2.32 bits per heavy atom. The van der Waals surface area contributed by atoms with Crippen LogP contribution in [0, 0.1) is 0 Å². The number of hydrogen-bond acceptors (Lipinski definition) is 2. The van der Waals surface area contributed by atoms with Gasteiger partial charge in [-0.05, 0) is 54.8 Å². The second-order valence-electron chi connectivity index (χ2n) is 4.27. The molecule has 0 radical (unpaired) electrons. The maximum absolute atomic E-state index is 10.5.